The monoisotopic (exact) mass is 638 g/mol. The van der Waals surface area contributed by atoms with E-state index in [2.05, 4.69) is 161 Å². The Hall–Kier alpha value is -4.22. The first-order valence-electron chi connectivity index (χ1n) is 15.6. The Kier molecular flexibility index (Phi) is 9.70. The Morgan fingerprint density at radius 2 is 0.652 bits per heavy atom. The molecule has 6 rings (SSSR count). The van der Waals surface area contributed by atoms with E-state index < -0.39 is 15.8 Å². The second-order valence-corrected chi connectivity index (χ2v) is 15.9. The van der Waals surface area contributed by atoms with Crippen molar-refractivity contribution < 1.29 is 9.47 Å². The second kappa shape index (κ2) is 14.0. The number of hydrogen-bond acceptors (Lipinski definition) is 2. The van der Waals surface area contributed by atoms with Crippen LogP contribution in [0.3, 0.4) is 0 Å². The number of rotatable bonds is 9. The highest BCUT2D eigenvalue weighted by atomic mass is 31.1. The molecule has 2 nitrogen and oxygen atoms in total. The van der Waals surface area contributed by atoms with Gasteiger partial charge < -0.3 is 9.47 Å². The lowest BCUT2D eigenvalue weighted by atomic mass is 9.92. The Bertz CT molecular complexity index is 1720. The van der Waals surface area contributed by atoms with Gasteiger partial charge >= 0.3 is 0 Å². The summed E-state index contributed by atoms with van der Waals surface area (Å²) in [6, 6.07) is 48.7. The van der Waals surface area contributed by atoms with E-state index in [4.69, 9.17) is 9.47 Å². The largest absolute Gasteiger partial charge is 0.496 e. The van der Waals surface area contributed by atoms with E-state index in [0.717, 1.165) is 33.8 Å². The van der Waals surface area contributed by atoms with Crippen LogP contribution in [-0.4, -0.2) is 14.2 Å². The first-order valence-corrected chi connectivity index (χ1v) is 18.3. The van der Waals surface area contributed by atoms with Gasteiger partial charge in [-0.3, -0.25) is 0 Å². The zero-order valence-electron chi connectivity index (χ0n) is 27.4. The van der Waals surface area contributed by atoms with Gasteiger partial charge in [0.1, 0.15) is 11.5 Å². The summed E-state index contributed by atoms with van der Waals surface area (Å²) in [6.07, 6.45) is 0. The minimum atomic E-state index is -0.903. The van der Waals surface area contributed by atoms with Crippen molar-refractivity contribution in [1.82, 2.24) is 0 Å². The van der Waals surface area contributed by atoms with Crippen LogP contribution in [0, 0.1) is 27.7 Å². The van der Waals surface area contributed by atoms with Crippen LogP contribution in [0.25, 0.3) is 11.1 Å². The van der Waals surface area contributed by atoms with Crippen LogP contribution in [0.4, 0.5) is 0 Å². The van der Waals surface area contributed by atoms with Gasteiger partial charge in [0.15, 0.2) is 0 Å². The second-order valence-electron chi connectivity index (χ2n) is 11.5. The third-order valence-corrected chi connectivity index (χ3v) is 13.5. The fraction of sp³-hybridized carbons (Fsp3) is 0.143. The van der Waals surface area contributed by atoms with Gasteiger partial charge in [-0.15, -0.1) is 0 Å². The molecular weight excluding hydrogens is 598 g/mol. The fourth-order valence-electron chi connectivity index (χ4n) is 6.66. The van der Waals surface area contributed by atoms with E-state index >= 15 is 0 Å². The van der Waals surface area contributed by atoms with E-state index in [-0.39, 0.29) is 0 Å². The lowest BCUT2D eigenvalue weighted by Gasteiger charge is -2.31. The Labute approximate surface area is 276 Å². The maximum absolute atomic E-state index is 6.16. The summed E-state index contributed by atoms with van der Waals surface area (Å²) < 4.78 is 12.3. The molecule has 0 aromatic heterocycles. The van der Waals surface area contributed by atoms with E-state index in [1.807, 2.05) is 0 Å². The van der Waals surface area contributed by atoms with Crippen molar-refractivity contribution in [3.63, 3.8) is 0 Å². The number of aryl methyl sites for hydroxylation is 2. The Morgan fingerprint density at radius 1 is 0.391 bits per heavy atom. The van der Waals surface area contributed by atoms with Crippen molar-refractivity contribution in [2.75, 3.05) is 14.2 Å². The summed E-state index contributed by atoms with van der Waals surface area (Å²) in [5, 5.41) is 7.94. The predicted molar refractivity (Wildman–Crippen MR) is 201 cm³/mol. The number of ether oxygens (including phenoxy) is 2. The molecule has 0 saturated heterocycles. The molecule has 0 amide bonds. The standard InChI is InChI=1S/C42H40O2P2/c1-29-27-37(45(33-19-11-7-12-20-33)34-21-13-8-14-22-34)39(31(3)41(29)43-5)40-32(4)42(44-6)30(2)28-38(40)46(35-23-15-9-16-24-35)36-25-17-10-18-26-36/h7-28H,1-6H3. The van der Waals surface area contributed by atoms with Gasteiger partial charge in [0.2, 0.25) is 0 Å². The highest BCUT2D eigenvalue weighted by Crippen LogP contribution is 2.47. The van der Waals surface area contributed by atoms with Crippen molar-refractivity contribution >= 4 is 47.7 Å². The summed E-state index contributed by atoms with van der Waals surface area (Å²) in [6.45, 7) is 8.81. The van der Waals surface area contributed by atoms with Crippen LogP contribution in [0.5, 0.6) is 11.5 Å². The zero-order valence-corrected chi connectivity index (χ0v) is 29.2. The molecule has 0 radical (unpaired) electrons. The molecule has 0 aliphatic rings. The van der Waals surface area contributed by atoms with Gasteiger partial charge in [-0.05, 0) is 121 Å². The van der Waals surface area contributed by atoms with Crippen LogP contribution < -0.4 is 41.3 Å². The Morgan fingerprint density at radius 3 is 0.891 bits per heavy atom. The van der Waals surface area contributed by atoms with E-state index in [0.29, 0.717) is 0 Å². The SMILES string of the molecule is COc1c(C)cc(P(c2ccccc2)c2ccccc2)c(-c2c(P(c3ccccc3)c3ccccc3)cc(C)c(OC)c2C)c1C. The topological polar surface area (TPSA) is 18.5 Å². The highest BCUT2D eigenvalue weighted by molar-refractivity contribution is 7.80. The molecule has 230 valence electrons. The molecule has 0 bridgehead atoms. The maximum Gasteiger partial charge on any atom is 0.125 e. The molecular formula is C42H40O2P2. The average molecular weight is 639 g/mol. The number of methoxy groups -OCH3 is 2. The van der Waals surface area contributed by atoms with E-state index in [9.17, 15) is 0 Å². The minimum absolute atomic E-state index is 0.903. The molecule has 46 heavy (non-hydrogen) atoms. The normalized spacial score (nSPS) is 11.2. The van der Waals surface area contributed by atoms with Gasteiger partial charge in [-0.2, -0.15) is 0 Å². The summed E-state index contributed by atoms with van der Waals surface area (Å²) in [4.78, 5) is 0. The quantitative estimate of drug-likeness (QED) is 0.149. The third kappa shape index (κ3) is 6.01. The summed E-state index contributed by atoms with van der Waals surface area (Å²) in [5.74, 6) is 1.87. The lowest BCUT2D eigenvalue weighted by molar-refractivity contribution is 0.408. The lowest BCUT2D eigenvalue weighted by Crippen LogP contribution is -2.28. The van der Waals surface area contributed by atoms with Crippen molar-refractivity contribution in [1.29, 1.82) is 0 Å². The molecule has 0 spiro atoms. The molecule has 0 unspecified atom stereocenters. The van der Waals surface area contributed by atoms with Crippen LogP contribution in [0.2, 0.25) is 0 Å². The molecule has 0 saturated carbocycles. The molecule has 4 heteroatoms. The smallest absolute Gasteiger partial charge is 0.125 e. The Balaban J connectivity index is 1.78. The molecule has 0 fully saturated rings. The van der Waals surface area contributed by atoms with E-state index in [1.54, 1.807) is 14.2 Å². The first-order chi connectivity index (χ1) is 22.4. The minimum Gasteiger partial charge on any atom is -0.496 e. The first kappa shape index (κ1) is 31.7. The highest BCUT2D eigenvalue weighted by Gasteiger charge is 2.31. The average Bonchev–Trinajstić information content (AvgIpc) is 3.08. The van der Waals surface area contributed by atoms with Crippen molar-refractivity contribution in [3.8, 4) is 22.6 Å². The maximum atomic E-state index is 6.16. The molecule has 0 atom stereocenters. The van der Waals surface area contributed by atoms with Gasteiger partial charge in [-0.1, -0.05) is 121 Å². The predicted octanol–water partition coefficient (Wildman–Crippen LogP) is 8.12. The van der Waals surface area contributed by atoms with Crippen LogP contribution in [-0.2, 0) is 0 Å². The van der Waals surface area contributed by atoms with Crippen molar-refractivity contribution in [3.05, 3.63) is 156 Å². The molecule has 0 aliphatic heterocycles. The van der Waals surface area contributed by atoms with Crippen LogP contribution in [0.1, 0.15) is 22.3 Å². The summed E-state index contributed by atoms with van der Waals surface area (Å²) >= 11 is 0. The third-order valence-electron chi connectivity index (χ3n) is 8.56. The summed E-state index contributed by atoms with van der Waals surface area (Å²) in [5.41, 5.74) is 7.08. The number of benzene rings is 6. The zero-order chi connectivity index (χ0) is 32.2. The van der Waals surface area contributed by atoms with Crippen LogP contribution >= 0.6 is 15.8 Å². The molecule has 6 aromatic rings. The van der Waals surface area contributed by atoms with Gasteiger partial charge in [-0.25, -0.2) is 0 Å². The molecule has 0 aliphatic carbocycles. The molecule has 0 heterocycles. The van der Waals surface area contributed by atoms with Gasteiger partial charge in [0.25, 0.3) is 0 Å². The number of hydrogen-bond donors (Lipinski definition) is 0. The van der Waals surface area contributed by atoms with Crippen LogP contribution in [0.15, 0.2) is 133 Å². The van der Waals surface area contributed by atoms with E-state index in [1.165, 1.54) is 43.0 Å². The molecule has 0 N–H and O–H groups in total. The van der Waals surface area contributed by atoms with Crippen molar-refractivity contribution in [2.45, 2.75) is 27.7 Å². The fourth-order valence-corrected chi connectivity index (χ4v) is 11.9. The van der Waals surface area contributed by atoms with Crippen molar-refractivity contribution in [2.24, 2.45) is 0 Å². The van der Waals surface area contributed by atoms with Gasteiger partial charge in [0.05, 0.1) is 14.2 Å². The van der Waals surface area contributed by atoms with Gasteiger partial charge in [0, 0.05) is 0 Å². The summed E-state index contributed by atoms with van der Waals surface area (Å²) in [7, 11) is 1.78. The molecule has 6 aromatic carbocycles.